The Morgan fingerprint density at radius 2 is 1.77 bits per heavy atom. The van der Waals surface area contributed by atoms with E-state index in [0.717, 1.165) is 49.0 Å². The lowest BCUT2D eigenvalue weighted by molar-refractivity contribution is 0.435. The number of piperidine rings is 1. The van der Waals surface area contributed by atoms with Crippen LogP contribution >= 0.6 is 23.8 Å². The van der Waals surface area contributed by atoms with Crippen LogP contribution in [-0.4, -0.2) is 34.7 Å². The first kappa shape index (κ1) is 21.3. The van der Waals surface area contributed by atoms with Crippen LogP contribution in [0.5, 0.6) is 0 Å². The number of rotatable bonds is 5. The van der Waals surface area contributed by atoms with Gasteiger partial charge in [0.05, 0.1) is 0 Å². The van der Waals surface area contributed by atoms with Crippen molar-refractivity contribution in [3.8, 4) is 0 Å². The normalized spacial score (nSPS) is 18.3. The van der Waals surface area contributed by atoms with Crippen molar-refractivity contribution in [3.05, 3.63) is 46.6 Å². The second kappa shape index (κ2) is 9.48. The van der Waals surface area contributed by atoms with Crippen LogP contribution in [0.25, 0.3) is 0 Å². The molecule has 0 amide bonds. The van der Waals surface area contributed by atoms with Gasteiger partial charge in [-0.1, -0.05) is 36.6 Å². The van der Waals surface area contributed by atoms with E-state index >= 15 is 0 Å². The van der Waals surface area contributed by atoms with E-state index in [1.807, 2.05) is 19.1 Å². The highest BCUT2D eigenvalue weighted by Crippen LogP contribution is 2.41. The first-order valence-corrected chi connectivity index (χ1v) is 11.7. The number of hydrogen-bond donors (Lipinski definition) is 2. The monoisotopic (exact) mass is 443 g/mol. The van der Waals surface area contributed by atoms with Gasteiger partial charge in [0.2, 0.25) is 5.95 Å². The second-order valence-corrected chi connectivity index (χ2v) is 9.39. The summed E-state index contributed by atoms with van der Waals surface area (Å²) in [6.45, 7) is 4.92. The van der Waals surface area contributed by atoms with E-state index in [0.29, 0.717) is 11.1 Å². The van der Waals surface area contributed by atoms with Crippen molar-refractivity contribution in [2.45, 2.75) is 57.3 Å². The highest BCUT2D eigenvalue weighted by atomic mass is 35.5. The molecule has 160 valence electrons. The van der Waals surface area contributed by atoms with Crippen molar-refractivity contribution < 1.29 is 0 Å². The summed E-state index contributed by atoms with van der Waals surface area (Å²) in [4.78, 5) is 11.6. The Hall–Kier alpha value is -1.92. The zero-order valence-electron chi connectivity index (χ0n) is 17.6. The van der Waals surface area contributed by atoms with Gasteiger partial charge in [-0.2, -0.15) is 4.98 Å². The van der Waals surface area contributed by atoms with E-state index in [-0.39, 0.29) is 5.41 Å². The average molecular weight is 444 g/mol. The van der Waals surface area contributed by atoms with Gasteiger partial charge >= 0.3 is 0 Å². The number of thiocarbonyl (C=S) groups is 1. The number of benzene rings is 1. The van der Waals surface area contributed by atoms with Crippen LogP contribution in [0, 0.1) is 6.92 Å². The third kappa shape index (κ3) is 5.03. The van der Waals surface area contributed by atoms with E-state index in [4.69, 9.17) is 28.8 Å². The fraction of sp³-hybridized carbons (Fsp3) is 0.522. The summed E-state index contributed by atoms with van der Waals surface area (Å²) in [5, 5.41) is 8.00. The third-order valence-electron chi connectivity index (χ3n) is 6.35. The van der Waals surface area contributed by atoms with E-state index in [1.54, 1.807) is 0 Å². The summed E-state index contributed by atoms with van der Waals surface area (Å²) in [6, 6.07) is 10.3. The molecule has 0 radical (unpaired) electrons. The van der Waals surface area contributed by atoms with Gasteiger partial charge in [-0.15, -0.1) is 0 Å². The second-order valence-electron chi connectivity index (χ2n) is 8.54. The largest absolute Gasteiger partial charge is 0.361 e. The molecule has 1 aliphatic heterocycles. The Morgan fingerprint density at radius 1 is 1.07 bits per heavy atom. The van der Waals surface area contributed by atoms with Crippen LogP contribution < -0.4 is 15.5 Å². The van der Waals surface area contributed by atoms with E-state index in [1.165, 1.54) is 37.7 Å². The molecular weight excluding hydrogens is 414 g/mol. The average Bonchev–Trinajstić information content (AvgIpc) is 3.23. The van der Waals surface area contributed by atoms with Gasteiger partial charge in [-0.25, -0.2) is 4.98 Å². The minimum absolute atomic E-state index is 0.1000. The molecule has 2 aliphatic rings. The van der Waals surface area contributed by atoms with Gasteiger partial charge in [0.1, 0.15) is 5.82 Å². The van der Waals surface area contributed by atoms with Crippen LogP contribution in [0.1, 0.15) is 56.2 Å². The maximum Gasteiger partial charge on any atom is 0.231 e. The highest BCUT2D eigenvalue weighted by molar-refractivity contribution is 7.80. The molecule has 2 heterocycles. The lowest BCUT2D eigenvalue weighted by atomic mass is 9.79. The van der Waals surface area contributed by atoms with Gasteiger partial charge in [0.25, 0.3) is 0 Å². The number of nitrogens with zero attached hydrogens (tertiary/aromatic N) is 3. The molecule has 1 saturated heterocycles. The van der Waals surface area contributed by atoms with E-state index in [9.17, 15) is 0 Å². The molecule has 2 fully saturated rings. The number of aryl methyl sites for hydroxylation is 1. The molecule has 1 saturated carbocycles. The topological polar surface area (TPSA) is 53.1 Å². The lowest BCUT2D eigenvalue weighted by Gasteiger charge is -2.31. The number of aromatic nitrogens is 2. The predicted octanol–water partition coefficient (Wildman–Crippen LogP) is 5.23. The molecule has 30 heavy (non-hydrogen) atoms. The van der Waals surface area contributed by atoms with Crippen LogP contribution in [0.4, 0.5) is 11.8 Å². The first-order chi connectivity index (χ1) is 14.5. The number of nitrogens with one attached hydrogen (secondary N) is 2. The van der Waals surface area contributed by atoms with Crippen LogP contribution in [-0.2, 0) is 5.41 Å². The molecule has 7 heteroatoms. The van der Waals surface area contributed by atoms with Gasteiger partial charge in [-0.05, 0) is 68.9 Å². The predicted molar refractivity (Wildman–Crippen MR) is 129 cm³/mol. The Labute approximate surface area is 189 Å². The molecule has 0 atom stereocenters. The van der Waals surface area contributed by atoms with E-state index in [2.05, 4.69) is 38.7 Å². The smallest absolute Gasteiger partial charge is 0.231 e. The highest BCUT2D eigenvalue weighted by Gasteiger charge is 2.35. The van der Waals surface area contributed by atoms with Crippen molar-refractivity contribution in [1.82, 2.24) is 15.3 Å². The summed E-state index contributed by atoms with van der Waals surface area (Å²) in [5.74, 6) is 1.56. The minimum atomic E-state index is 0.1000. The number of halogens is 1. The molecular formula is C23H30ClN5S. The molecule has 0 unspecified atom stereocenters. The van der Waals surface area contributed by atoms with Crippen molar-refractivity contribution in [3.63, 3.8) is 0 Å². The first-order valence-electron chi connectivity index (χ1n) is 11.0. The molecule has 2 aromatic rings. The summed E-state index contributed by atoms with van der Waals surface area (Å²) in [6.07, 6.45) is 8.54. The fourth-order valence-electron chi connectivity index (χ4n) is 4.71. The number of anilines is 2. The van der Waals surface area contributed by atoms with Crippen LogP contribution in [0.3, 0.4) is 0 Å². The molecule has 1 aliphatic carbocycles. The lowest BCUT2D eigenvalue weighted by Crippen LogP contribution is -2.41. The minimum Gasteiger partial charge on any atom is -0.361 e. The van der Waals surface area contributed by atoms with Gasteiger partial charge in [0, 0.05) is 41.8 Å². The molecule has 0 bridgehead atoms. The third-order valence-corrected chi connectivity index (χ3v) is 6.85. The van der Waals surface area contributed by atoms with E-state index < -0.39 is 0 Å². The van der Waals surface area contributed by atoms with Gasteiger partial charge in [0.15, 0.2) is 5.11 Å². The fourth-order valence-corrected chi connectivity index (χ4v) is 5.00. The summed E-state index contributed by atoms with van der Waals surface area (Å²) < 4.78 is 0. The summed E-state index contributed by atoms with van der Waals surface area (Å²) >= 11 is 11.7. The Bertz CT molecular complexity index is 874. The quantitative estimate of drug-likeness (QED) is 0.617. The number of hydrogen-bond acceptors (Lipinski definition) is 4. The summed E-state index contributed by atoms with van der Waals surface area (Å²) in [7, 11) is 0. The molecule has 0 spiro atoms. The zero-order valence-corrected chi connectivity index (χ0v) is 19.2. The van der Waals surface area contributed by atoms with Crippen molar-refractivity contribution in [2.24, 2.45) is 0 Å². The Balaban J connectivity index is 1.41. The zero-order chi connectivity index (χ0) is 21.0. The Morgan fingerprint density at radius 3 is 2.47 bits per heavy atom. The maximum atomic E-state index is 6.10. The molecule has 2 N–H and O–H groups in total. The van der Waals surface area contributed by atoms with Crippen molar-refractivity contribution >= 4 is 40.7 Å². The maximum absolute atomic E-state index is 6.10. The standard InChI is InChI=1S/C23H30ClN5S/c1-17-15-20(29-13-5-2-6-14-29)27-21(26-17)28-22(30)25-16-23(11-3-4-12-23)18-7-9-19(24)10-8-18/h7-10,15H,2-6,11-14,16H2,1H3,(H2,25,26,27,28,30). The van der Waals surface area contributed by atoms with Gasteiger partial charge < -0.3 is 15.5 Å². The Kier molecular flexibility index (Phi) is 6.74. The molecule has 1 aromatic carbocycles. The molecule has 4 rings (SSSR count). The molecule has 1 aromatic heterocycles. The van der Waals surface area contributed by atoms with Crippen molar-refractivity contribution in [1.29, 1.82) is 0 Å². The van der Waals surface area contributed by atoms with Crippen LogP contribution in [0.15, 0.2) is 30.3 Å². The summed E-state index contributed by atoms with van der Waals surface area (Å²) in [5.41, 5.74) is 2.38. The molecule has 5 nitrogen and oxygen atoms in total. The van der Waals surface area contributed by atoms with Crippen molar-refractivity contribution in [2.75, 3.05) is 29.9 Å². The van der Waals surface area contributed by atoms with Crippen LogP contribution in [0.2, 0.25) is 5.02 Å². The van der Waals surface area contributed by atoms with Gasteiger partial charge in [-0.3, -0.25) is 0 Å². The SMILES string of the molecule is Cc1cc(N2CCCCC2)nc(NC(=S)NCC2(c3ccc(Cl)cc3)CCCC2)n1.